The molecule has 192 valence electrons. The number of unbranched alkanes of at least 4 members (excludes halogenated alkanes) is 1. The lowest BCUT2D eigenvalue weighted by Gasteiger charge is -2.39. The number of aliphatic hydroxyl groups excluding tert-OH is 3. The maximum Gasteiger partial charge on any atom is 0.336 e. The van der Waals surface area contributed by atoms with Crippen molar-refractivity contribution in [2.75, 3.05) is 12.4 Å². The van der Waals surface area contributed by atoms with Crippen molar-refractivity contribution < 1.29 is 43.8 Å². The fraction of sp³-hybridized carbons (Fsp3) is 0.565. The van der Waals surface area contributed by atoms with Gasteiger partial charge in [0.1, 0.15) is 36.6 Å². The molecule has 12 heteroatoms. The quantitative estimate of drug-likeness (QED) is 0.163. The number of aliphatic hydroxyl groups is 3. The molecular weight excluding hydrogens is 500 g/mol. The Morgan fingerprint density at radius 2 is 1.94 bits per heavy atom. The highest BCUT2D eigenvalue weighted by Crippen LogP contribution is 2.40. The summed E-state index contributed by atoms with van der Waals surface area (Å²) in [5.74, 6) is 0.237. The van der Waals surface area contributed by atoms with Gasteiger partial charge in [-0.25, -0.2) is 4.79 Å². The summed E-state index contributed by atoms with van der Waals surface area (Å²) in [4.78, 5) is 23.5. The number of benzene rings is 1. The summed E-state index contributed by atoms with van der Waals surface area (Å²) in [5.41, 5.74) is -0.452. The van der Waals surface area contributed by atoms with Crippen LogP contribution in [0.15, 0.2) is 33.5 Å². The van der Waals surface area contributed by atoms with E-state index in [0.717, 1.165) is 12.8 Å². The Bertz CT molecular complexity index is 1070. The van der Waals surface area contributed by atoms with Gasteiger partial charge in [0, 0.05) is 34.9 Å². The van der Waals surface area contributed by atoms with Crippen LogP contribution in [-0.4, -0.2) is 74.7 Å². The van der Waals surface area contributed by atoms with Gasteiger partial charge in [0.05, 0.1) is 0 Å². The van der Waals surface area contributed by atoms with Crippen molar-refractivity contribution >= 4 is 38.5 Å². The first-order chi connectivity index (χ1) is 16.8. The number of rotatable bonds is 9. The molecule has 0 aliphatic carbocycles. The van der Waals surface area contributed by atoms with Crippen LogP contribution in [0.25, 0.3) is 11.0 Å². The standard InChI is InChI=1S/C23H28O10S2/c24-14-10-15-12(5-6-19(26)31-15)9-16(14)32-23-22(29)21(28)20(27)17(33-23)11-30-18(25)4-2-1-3-13-7-8-34-35-13/h5-6,9-10,13,17,20-24,27-29H,1-4,7-8,11H2/t13-,17?,20?,21?,22?,23?/m1/s1. The van der Waals surface area contributed by atoms with E-state index in [2.05, 4.69) is 0 Å². The molecule has 4 rings (SSSR count). The summed E-state index contributed by atoms with van der Waals surface area (Å²) in [6.45, 7) is -0.340. The van der Waals surface area contributed by atoms with Gasteiger partial charge >= 0.3 is 11.6 Å². The molecule has 0 radical (unpaired) electrons. The Balaban J connectivity index is 1.31. The van der Waals surface area contributed by atoms with Crippen molar-refractivity contribution in [3.63, 3.8) is 0 Å². The first-order valence-corrected chi connectivity index (χ1v) is 13.8. The van der Waals surface area contributed by atoms with Crippen LogP contribution in [0.4, 0.5) is 0 Å². The molecule has 1 aromatic carbocycles. The van der Waals surface area contributed by atoms with Gasteiger partial charge in [0.15, 0.2) is 11.5 Å². The molecule has 2 fully saturated rings. The average molecular weight is 529 g/mol. The number of fused-ring (bicyclic) bond motifs is 1. The summed E-state index contributed by atoms with van der Waals surface area (Å²) >= 11 is 0. The number of hydrogen-bond donors (Lipinski definition) is 4. The van der Waals surface area contributed by atoms with E-state index in [4.69, 9.17) is 18.6 Å². The largest absolute Gasteiger partial charge is 0.504 e. The molecular formula is C23H28O10S2. The summed E-state index contributed by atoms with van der Waals surface area (Å²) in [5, 5.41) is 42.2. The molecule has 5 unspecified atom stereocenters. The maximum atomic E-state index is 12.1. The molecule has 0 saturated carbocycles. The van der Waals surface area contributed by atoms with E-state index >= 15 is 0 Å². The Labute approximate surface area is 209 Å². The van der Waals surface area contributed by atoms with Crippen molar-refractivity contribution in [3.8, 4) is 11.5 Å². The van der Waals surface area contributed by atoms with E-state index < -0.39 is 42.3 Å². The molecule has 35 heavy (non-hydrogen) atoms. The predicted molar refractivity (Wildman–Crippen MR) is 129 cm³/mol. The Morgan fingerprint density at radius 1 is 1.11 bits per heavy atom. The molecule has 0 amide bonds. The zero-order valence-corrected chi connectivity index (χ0v) is 20.4. The van der Waals surface area contributed by atoms with Crippen molar-refractivity contribution in [1.29, 1.82) is 0 Å². The number of esters is 1. The monoisotopic (exact) mass is 528 g/mol. The van der Waals surface area contributed by atoms with Crippen LogP contribution in [0.2, 0.25) is 0 Å². The van der Waals surface area contributed by atoms with Gasteiger partial charge in [-0.3, -0.25) is 4.79 Å². The van der Waals surface area contributed by atoms with E-state index in [1.807, 2.05) is 21.6 Å². The summed E-state index contributed by atoms with van der Waals surface area (Å²) in [6, 6.07) is 5.22. The second kappa shape index (κ2) is 11.8. The third kappa shape index (κ3) is 6.63. The van der Waals surface area contributed by atoms with E-state index in [0.29, 0.717) is 17.1 Å². The molecule has 4 N–H and O–H groups in total. The molecule has 2 aliphatic rings. The lowest BCUT2D eigenvalue weighted by molar-refractivity contribution is -0.278. The number of carbonyl (C=O) groups excluding carboxylic acids is 1. The summed E-state index contributed by atoms with van der Waals surface area (Å²) in [7, 11) is 3.78. The van der Waals surface area contributed by atoms with Crippen LogP contribution in [0.3, 0.4) is 0 Å². The third-order valence-corrected chi connectivity index (χ3v) is 8.91. The van der Waals surface area contributed by atoms with Gasteiger partial charge in [-0.1, -0.05) is 28.0 Å². The summed E-state index contributed by atoms with van der Waals surface area (Å²) < 4.78 is 21.4. The molecule has 0 spiro atoms. The smallest absolute Gasteiger partial charge is 0.336 e. The minimum Gasteiger partial charge on any atom is -0.504 e. The molecule has 3 heterocycles. The molecule has 0 bridgehead atoms. The molecule has 2 saturated heterocycles. The van der Waals surface area contributed by atoms with Gasteiger partial charge in [0.25, 0.3) is 0 Å². The van der Waals surface area contributed by atoms with Crippen molar-refractivity contribution in [1.82, 2.24) is 0 Å². The fourth-order valence-electron chi connectivity index (χ4n) is 3.91. The number of ether oxygens (including phenoxy) is 3. The van der Waals surface area contributed by atoms with Crippen LogP contribution in [-0.2, 0) is 14.3 Å². The van der Waals surface area contributed by atoms with Crippen LogP contribution in [0, 0.1) is 0 Å². The first kappa shape index (κ1) is 26.1. The van der Waals surface area contributed by atoms with Crippen molar-refractivity contribution in [3.05, 3.63) is 34.7 Å². The molecule has 6 atom stereocenters. The minimum atomic E-state index is -1.65. The Kier molecular flexibility index (Phi) is 8.84. The van der Waals surface area contributed by atoms with Gasteiger partial charge in [-0.05, 0) is 31.4 Å². The maximum absolute atomic E-state index is 12.1. The second-order valence-corrected chi connectivity index (χ2v) is 11.3. The van der Waals surface area contributed by atoms with Crippen LogP contribution < -0.4 is 10.4 Å². The lowest BCUT2D eigenvalue weighted by atomic mass is 9.99. The minimum absolute atomic E-state index is 0.103. The van der Waals surface area contributed by atoms with Crippen LogP contribution in [0.5, 0.6) is 11.5 Å². The predicted octanol–water partition coefficient (Wildman–Crippen LogP) is 1.94. The molecule has 1 aromatic heterocycles. The zero-order valence-electron chi connectivity index (χ0n) is 18.8. The van der Waals surface area contributed by atoms with E-state index in [-0.39, 0.29) is 30.1 Å². The highest BCUT2D eigenvalue weighted by atomic mass is 33.1. The van der Waals surface area contributed by atoms with Gasteiger partial charge in [-0.15, -0.1) is 0 Å². The summed E-state index contributed by atoms with van der Waals surface area (Å²) in [6.07, 6.45) is -3.32. The number of phenolic OH excluding ortho intramolecular Hbond substituents is 1. The third-order valence-electron chi connectivity index (χ3n) is 5.91. The number of carbonyl (C=O) groups is 1. The zero-order chi connectivity index (χ0) is 24.9. The molecule has 2 aromatic rings. The highest BCUT2D eigenvalue weighted by molar-refractivity contribution is 8.77. The topological polar surface area (TPSA) is 156 Å². The number of phenols is 1. The van der Waals surface area contributed by atoms with Gasteiger partial charge in [-0.2, -0.15) is 0 Å². The highest BCUT2D eigenvalue weighted by Gasteiger charge is 2.45. The van der Waals surface area contributed by atoms with E-state index in [1.54, 1.807) is 0 Å². The van der Waals surface area contributed by atoms with E-state index in [1.165, 1.54) is 36.4 Å². The van der Waals surface area contributed by atoms with Gasteiger partial charge < -0.3 is 39.1 Å². The number of hydrogen-bond acceptors (Lipinski definition) is 12. The van der Waals surface area contributed by atoms with Crippen LogP contribution in [0.1, 0.15) is 32.1 Å². The van der Waals surface area contributed by atoms with Crippen molar-refractivity contribution in [2.45, 2.75) is 68.1 Å². The Morgan fingerprint density at radius 3 is 2.71 bits per heavy atom. The fourth-order valence-corrected chi connectivity index (χ4v) is 6.94. The molecule has 2 aliphatic heterocycles. The Hall–Kier alpha value is -1.96. The lowest BCUT2D eigenvalue weighted by Crippen LogP contribution is -2.60. The average Bonchev–Trinajstić information content (AvgIpc) is 3.35. The van der Waals surface area contributed by atoms with Crippen molar-refractivity contribution in [2.24, 2.45) is 0 Å². The van der Waals surface area contributed by atoms with E-state index in [9.17, 15) is 30.0 Å². The van der Waals surface area contributed by atoms with Gasteiger partial charge in [0.2, 0.25) is 6.29 Å². The normalized spacial score (nSPS) is 28.8. The number of aromatic hydroxyl groups is 1. The molecule has 10 nitrogen and oxygen atoms in total. The SMILES string of the molecule is O=C(CCCC[C@@H]1CCSS1)OCC1OC(Oc2cc3ccc(=O)oc3cc2O)C(O)C(O)C1O. The first-order valence-electron chi connectivity index (χ1n) is 11.4. The second-order valence-electron chi connectivity index (χ2n) is 8.50. The van der Waals surface area contributed by atoms with Crippen LogP contribution >= 0.6 is 21.6 Å².